The van der Waals surface area contributed by atoms with Gasteiger partial charge in [-0.25, -0.2) is 8.42 Å². The van der Waals surface area contributed by atoms with E-state index in [-0.39, 0.29) is 22.3 Å². The van der Waals surface area contributed by atoms with Crippen LogP contribution in [0.15, 0.2) is 53.4 Å². The molecule has 1 saturated heterocycles. The molecule has 0 bridgehead atoms. The summed E-state index contributed by atoms with van der Waals surface area (Å²) in [5.41, 5.74) is 2.61. The molecule has 1 aliphatic heterocycles. The van der Waals surface area contributed by atoms with Crippen molar-refractivity contribution in [2.24, 2.45) is 0 Å². The van der Waals surface area contributed by atoms with Crippen LogP contribution in [0.2, 0.25) is 0 Å². The first-order valence-electron chi connectivity index (χ1n) is 10.1. The second-order valence-electron chi connectivity index (χ2n) is 7.45. The number of carbonyl (C=O) groups is 1. The zero-order valence-corrected chi connectivity index (χ0v) is 18.7. The third-order valence-electron chi connectivity index (χ3n) is 5.18. The fraction of sp³-hybridized carbons (Fsp3) is 0.364. The number of hydrogen-bond acceptors (Lipinski definition) is 4. The van der Waals surface area contributed by atoms with Gasteiger partial charge in [-0.1, -0.05) is 37.1 Å². The molecule has 0 spiro atoms. The van der Waals surface area contributed by atoms with Crippen LogP contribution in [0.3, 0.4) is 0 Å². The molecule has 3 rings (SSSR count). The fourth-order valence-electron chi connectivity index (χ4n) is 3.46. The highest BCUT2D eigenvalue weighted by atomic mass is 32.2. The Morgan fingerprint density at radius 1 is 1.00 bits per heavy atom. The van der Waals surface area contributed by atoms with Gasteiger partial charge >= 0.3 is 0 Å². The molecule has 8 heteroatoms. The highest BCUT2D eigenvalue weighted by molar-refractivity contribution is 7.89. The van der Waals surface area contributed by atoms with Gasteiger partial charge in [0.25, 0.3) is 0 Å². The second-order valence-corrected chi connectivity index (χ2v) is 9.79. The maximum absolute atomic E-state index is 12.8. The van der Waals surface area contributed by atoms with Crippen molar-refractivity contribution in [1.82, 2.24) is 9.62 Å². The van der Waals surface area contributed by atoms with E-state index in [0.717, 1.165) is 36.8 Å². The lowest BCUT2D eigenvalue weighted by molar-refractivity contribution is -0.119. The Kier molecular flexibility index (Phi) is 7.58. The Morgan fingerprint density at radius 3 is 2.27 bits per heavy atom. The molecule has 6 nitrogen and oxygen atoms in total. The van der Waals surface area contributed by atoms with E-state index in [1.165, 1.54) is 0 Å². The fourth-order valence-corrected chi connectivity index (χ4v) is 5.20. The first kappa shape index (κ1) is 22.4. The van der Waals surface area contributed by atoms with E-state index in [0.29, 0.717) is 18.8 Å². The lowest BCUT2D eigenvalue weighted by Gasteiger charge is -2.20. The lowest BCUT2D eigenvalue weighted by Crippen LogP contribution is -2.35. The summed E-state index contributed by atoms with van der Waals surface area (Å²) >= 11 is 5.22. The van der Waals surface area contributed by atoms with Crippen LogP contribution in [0, 0.1) is 6.92 Å². The van der Waals surface area contributed by atoms with Crippen LogP contribution in [0.1, 0.15) is 36.8 Å². The molecule has 30 heavy (non-hydrogen) atoms. The van der Waals surface area contributed by atoms with E-state index >= 15 is 0 Å². The van der Waals surface area contributed by atoms with Gasteiger partial charge < -0.3 is 10.6 Å². The summed E-state index contributed by atoms with van der Waals surface area (Å²) in [5.74, 6) is -0.206. The molecular formula is C22H27N3O3S2. The predicted octanol–water partition coefficient (Wildman–Crippen LogP) is 3.62. The van der Waals surface area contributed by atoms with Crippen LogP contribution in [0.4, 0.5) is 5.69 Å². The maximum Gasteiger partial charge on any atom is 0.243 e. The molecule has 1 aliphatic rings. The highest BCUT2D eigenvalue weighted by Crippen LogP contribution is 2.21. The standard InChI is InChI=1S/C22H27N3O3S2/c1-17-8-4-5-9-18(17)16-21(26)24-22(29)23-19-10-12-20(13-11-19)30(27,28)25-14-6-2-3-7-15-25/h4-5,8-13H,2-3,6-7,14-16H2,1H3,(H2,23,24,26,29). The molecule has 2 aromatic rings. The molecule has 0 unspecified atom stereocenters. The van der Waals surface area contributed by atoms with Gasteiger partial charge in [0.05, 0.1) is 11.3 Å². The summed E-state index contributed by atoms with van der Waals surface area (Å²) < 4.78 is 27.3. The van der Waals surface area contributed by atoms with Gasteiger partial charge in [0.2, 0.25) is 15.9 Å². The number of rotatable bonds is 5. The summed E-state index contributed by atoms with van der Waals surface area (Å²) in [6.45, 7) is 3.10. The van der Waals surface area contributed by atoms with Gasteiger partial charge in [-0.3, -0.25) is 4.79 Å². The SMILES string of the molecule is Cc1ccccc1CC(=O)NC(=S)Nc1ccc(S(=O)(=O)N2CCCCCC2)cc1. The molecule has 2 N–H and O–H groups in total. The average molecular weight is 446 g/mol. The number of benzene rings is 2. The van der Waals surface area contributed by atoms with Crippen LogP contribution >= 0.6 is 12.2 Å². The number of amides is 1. The number of thiocarbonyl (C=S) groups is 1. The maximum atomic E-state index is 12.8. The summed E-state index contributed by atoms with van der Waals surface area (Å²) in [6, 6.07) is 14.2. The molecule has 0 aromatic heterocycles. The monoisotopic (exact) mass is 445 g/mol. The van der Waals surface area contributed by atoms with Crippen molar-refractivity contribution in [1.29, 1.82) is 0 Å². The van der Waals surface area contributed by atoms with Crippen molar-refractivity contribution in [3.05, 3.63) is 59.7 Å². The van der Waals surface area contributed by atoms with E-state index in [1.54, 1.807) is 28.6 Å². The van der Waals surface area contributed by atoms with E-state index < -0.39 is 10.0 Å². The van der Waals surface area contributed by atoms with E-state index in [1.807, 2.05) is 31.2 Å². The topological polar surface area (TPSA) is 78.5 Å². The Hall–Kier alpha value is -2.29. The normalized spacial score (nSPS) is 15.2. The minimum absolute atomic E-state index is 0.178. The Balaban J connectivity index is 1.57. The van der Waals surface area contributed by atoms with Crippen LogP contribution in [0.5, 0.6) is 0 Å². The van der Waals surface area contributed by atoms with Crippen molar-refractivity contribution in [3.8, 4) is 0 Å². The van der Waals surface area contributed by atoms with Gasteiger partial charge in [0.15, 0.2) is 5.11 Å². The lowest BCUT2D eigenvalue weighted by atomic mass is 10.1. The number of sulfonamides is 1. The number of carbonyl (C=O) groups excluding carboxylic acids is 1. The molecule has 1 heterocycles. The van der Waals surface area contributed by atoms with Gasteiger partial charge in [-0.2, -0.15) is 4.31 Å². The van der Waals surface area contributed by atoms with Crippen molar-refractivity contribution in [3.63, 3.8) is 0 Å². The highest BCUT2D eigenvalue weighted by Gasteiger charge is 2.24. The van der Waals surface area contributed by atoms with Gasteiger partial charge in [0, 0.05) is 18.8 Å². The molecule has 1 amide bonds. The second kappa shape index (κ2) is 10.1. The smallest absolute Gasteiger partial charge is 0.243 e. The van der Waals surface area contributed by atoms with E-state index in [9.17, 15) is 13.2 Å². The first-order valence-corrected chi connectivity index (χ1v) is 12.0. The van der Waals surface area contributed by atoms with E-state index in [2.05, 4.69) is 10.6 Å². The molecule has 0 radical (unpaired) electrons. The van der Waals surface area contributed by atoms with Crippen molar-refractivity contribution in [2.45, 2.75) is 43.9 Å². The minimum atomic E-state index is -3.49. The quantitative estimate of drug-likeness (QED) is 0.688. The van der Waals surface area contributed by atoms with Crippen LogP contribution in [-0.4, -0.2) is 36.8 Å². The molecule has 0 atom stereocenters. The summed E-state index contributed by atoms with van der Waals surface area (Å²) in [6.07, 6.45) is 4.18. The number of hydrogen-bond donors (Lipinski definition) is 2. The first-order chi connectivity index (χ1) is 14.4. The van der Waals surface area contributed by atoms with Crippen molar-refractivity contribution in [2.75, 3.05) is 18.4 Å². The molecular weight excluding hydrogens is 418 g/mol. The number of nitrogens with zero attached hydrogens (tertiary/aromatic N) is 1. The van der Waals surface area contributed by atoms with Crippen molar-refractivity contribution < 1.29 is 13.2 Å². The van der Waals surface area contributed by atoms with Crippen LogP contribution in [-0.2, 0) is 21.2 Å². The number of anilines is 1. The molecule has 0 aliphatic carbocycles. The summed E-state index contributed by atoms with van der Waals surface area (Å²) in [7, 11) is -3.49. The molecule has 0 saturated carbocycles. The summed E-state index contributed by atoms with van der Waals surface area (Å²) in [5, 5.41) is 5.77. The molecule has 1 fully saturated rings. The largest absolute Gasteiger partial charge is 0.332 e. The third kappa shape index (κ3) is 5.87. The zero-order valence-electron chi connectivity index (χ0n) is 17.1. The minimum Gasteiger partial charge on any atom is -0.332 e. The Bertz CT molecular complexity index is 997. The zero-order chi connectivity index (χ0) is 21.6. The van der Waals surface area contributed by atoms with Crippen molar-refractivity contribution >= 4 is 38.9 Å². The predicted molar refractivity (Wildman–Crippen MR) is 123 cm³/mol. The third-order valence-corrected chi connectivity index (χ3v) is 7.30. The van der Waals surface area contributed by atoms with Gasteiger partial charge in [-0.05, 0) is 67.4 Å². The van der Waals surface area contributed by atoms with Gasteiger partial charge in [-0.15, -0.1) is 0 Å². The summed E-state index contributed by atoms with van der Waals surface area (Å²) in [4.78, 5) is 12.5. The Labute approximate surface area is 183 Å². The number of aryl methyl sites for hydroxylation is 1. The van der Waals surface area contributed by atoms with Crippen LogP contribution in [0.25, 0.3) is 0 Å². The van der Waals surface area contributed by atoms with Crippen LogP contribution < -0.4 is 10.6 Å². The molecule has 160 valence electrons. The van der Waals surface area contributed by atoms with Gasteiger partial charge in [0.1, 0.15) is 0 Å². The Morgan fingerprint density at radius 2 is 1.63 bits per heavy atom. The van der Waals surface area contributed by atoms with E-state index in [4.69, 9.17) is 12.2 Å². The number of nitrogens with one attached hydrogen (secondary N) is 2. The average Bonchev–Trinajstić information content (AvgIpc) is 3.00. The molecule has 2 aromatic carbocycles.